The summed E-state index contributed by atoms with van der Waals surface area (Å²) in [5.74, 6) is 5.21. The molecule has 0 aliphatic heterocycles. The van der Waals surface area contributed by atoms with E-state index in [9.17, 15) is 18.5 Å². The molecule has 0 fully saturated rings. The number of nitrogen functional groups attached to an aromatic ring is 1. The molecule has 1 rings (SSSR count). The van der Waals surface area contributed by atoms with Crippen molar-refractivity contribution in [2.75, 3.05) is 12.0 Å². The minimum Gasteiger partial charge on any atom is -0.318 e. The molecule has 0 aliphatic carbocycles. The average molecular weight is 302 g/mol. The number of hydrazine groups is 1. The number of nitro benzene ring substituents is 1. The van der Waals surface area contributed by atoms with Gasteiger partial charge in [-0.1, -0.05) is 13.0 Å². The molecule has 8 nitrogen and oxygen atoms in total. The Labute approximate surface area is 117 Å². The van der Waals surface area contributed by atoms with Gasteiger partial charge in [0.2, 0.25) is 10.0 Å². The first-order valence-electron chi connectivity index (χ1n) is 6.03. The molecule has 0 saturated carbocycles. The second kappa shape index (κ2) is 6.16. The first-order chi connectivity index (χ1) is 9.27. The van der Waals surface area contributed by atoms with Crippen molar-refractivity contribution in [2.45, 2.75) is 31.7 Å². The summed E-state index contributed by atoms with van der Waals surface area (Å²) < 4.78 is 26.3. The number of para-hydroxylation sites is 1. The largest absolute Gasteiger partial charge is 0.318 e. The minimum absolute atomic E-state index is 0.0455. The molecule has 112 valence electrons. The molecule has 1 aromatic carbocycles. The predicted molar refractivity (Wildman–Crippen MR) is 75.6 cm³/mol. The number of nitro groups is 1. The van der Waals surface area contributed by atoms with E-state index in [2.05, 4.69) is 5.43 Å². The van der Waals surface area contributed by atoms with Gasteiger partial charge in [-0.3, -0.25) is 16.0 Å². The first kappa shape index (κ1) is 16.3. The smallest absolute Gasteiger partial charge is 0.313 e. The number of anilines is 1. The van der Waals surface area contributed by atoms with Crippen LogP contribution in [0.2, 0.25) is 0 Å². The van der Waals surface area contributed by atoms with Crippen molar-refractivity contribution in [3.8, 4) is 0 Å². The van der Waals surface area contributed by atoms with E-state index >= 15 is 0 Å². The minimum atomic E-state index is -3.96. The van der Waals surface area contributed by atoms with Gasteiger partial charge in [0.15, 0.2) is 4.90 Å². The molecule has 0 heterocycles. The maximum Gasteiger partial charge on any atom is 0.313 e. The molecule has 0 spiro atoms. The molecule has 20 heavy (non-hydrogen) atoms. The van der Waals surface area contributed by atoms with E-state index in [0.29, 0.717) is 0 Å². The summed E-state index contributed by atoms with van der Waals surface area (Å²) >= 11 is 0. The normalized spacial score (nSPS) is 11.9. The van der Waals surface area contributed by atoms with Gasteiger partial charge in [-0.25, -0.2) is 8.42 Å². The fourth-order valence-corrected chi connectivity index (χ4v) is 3.80. The van der Waals surface area contributed by atoms with Crippen molar-refractivity contribution in [3.05, 3.63) is 28.3 Å². The Kier molecular flexibility index (Phi) is 5.03. The van der Waals surface area contributed by atoms with Crippen LogP contribution in [-0.2, 0) is 10.0 Å². The van der Waals surface area contributed by atoms with E-state index in [4.69, 9.17) is 5.84 Å². The Morgan fingerprint density at radius 2 is 2.05 bits per heavy atom. The van der Waals surface area contributed by atoms with Crippen LogP contribution in [0.15, 0.2) is 23.1 Å². The molecule has 0 aliphatic rings. The Hall–Kier alpha value is -1.71. The standard InChI is InChI=1S/C11H18N4O4S/c1-4-14(8(2)3)20(18,19)10-7-5-6-9(13-12)11(10)15(16)17/h5-8,13H,4,12H2,1-3H3. The van der Waals surface area contributed by atoms with Crippen molar-refractivity contribution >= 4 is 21.4 Å². The van der Waals surface area contributed by atoms with Gasteiger partial charge in [0, 0.05) is 12.6 Å². The van der Waals surface area contributed by atoms with Crippen molar-refractivity contribution in [2.24, 2.45) is 5.84 Å². The molecular formula is C11H18N4O4S. The number of nitrogens with one attached hydrogen (secondary N) is 1. The number of nitrogens with zero attached hydrogens (tertiary/aromatic N) is 2. The van der Waals surface area contributed by atoms with Gasteiger partial charge >= 0.3 is 5.69 Å². The molecule has 0 aromatic heterocycles. The topological polar surface area (TPSA) is 119 Å². The van der Waals surface area contributed by atoms with Crippen LogP contribution >= 0.6 is 0 Å². The van der Waals surface area contributed by atoms with E-state index in [1.807, 2.05) is 0 Å². The second-order valence-electron chi connectivity index (χ2n) is 4.36. The Morgan fingerprint density at radius 1 is 1.45 bits per heavy atom. The van der Waals surface area contributed by atoms with Crippen LogP contribution in [0, 0.1) is 10.1 Å². The van der Waals surface area contributed by atoms with Crippen molar-refractivity contribution in [1.82, 2.24) is 4.31 Å². The van der Waals surface area contributed by atoms with Crippen molar-refractivity contribution in [3.63, 3.8) is 0 Å². The summed E-state index contributed by atoms with van der Waals surface area (Å²) in [5.41, 5.74) is 1.56. The highest BCUT2D eigenvalue weighted by molar-refractivity contribution is 7.89. The highest BCUT2D eigenvalue weighted by atomic mass is 32.2. The number of sulfonamides is 1. The third-order valence-electron chi connectivity index (χ3n) is 2.81. The first-order valence-corrected chi connectivity index (χ1v) is 7.47. The van der Waals surface area contributed by atoms with Crippen LogP contribution < -0.4 is 11.3 Å². The second-order valence-corrected chi connectivity index (χ2v) is 6.21. The van der Waals surface area contributed by atoms with Gasteiger partial charge in [0.05, 0.1) is 4.92 Å². The Bertz CT molecular complexity index is 600. The van der Waals surface area contributed by atoms with Gasteiger partial charge < -0.3 is 5.43 Å². The van der Waals surface area contributed by atoms with Gasteiger partial charge in [-0.15, -0.1) is 0 Å². The van der Waals surface area contributed by atoms with Crippen LogP contribution in [0.25, 0.3) is 0 Å². The molecule has 0 atom stereocenters. The maximum atomic E-state index is 12.6. The molecule has 9 heteroatoms. The van der Waals surface area contributed by atoms with Crippen LogP contribution in [0.3, 0.4) is 0 Å². The Morgan fingerprint density at radius 3 is 2.45 bits per heavy atom. The quantitative estimate of drug-likeness (QED) is 0.464. The fourth-order valence-electron chi connectivity index (χ4n) is 1.97. The zero-order valence-corrected chi connectivity index (χ0v) is 12.3. The fraction of sp³-hybridized carbons (Fsp3) is 0.455. The maximum absolute atomic E-state index is 12.6. The molecule has 0 saturated heterocycles. The highest BCUT2D eigenvalue weighted by Gasteiger charge is 2.34. The van der Waals surface area contributed by atoms with Crippen LogP contribution in [0.1, 0.15) is 20.8 Å². The SMILES string of the molecule is CCN(C(C)C)S(=O)(=O)c1cccc(NN)c1[N+](=O)[O-]. The number of hydrogen-bond donors (Lipinski definition) is 2. The summed E-state index contributed by atoms with van der Waals surface area (Å²) in [5, 5.41) is 11.2. The van der Waals surface area contributed by atoms with E-state index in [1.165, 1.54) is 22.5 Å². The highest BCUT2D eigenvalue weighted by Crippen LogP contribution is 2.33. The zero-order chi connectivity index (χ0) is 15.5. The molecule has 3 N–H and O–H groups in total. The number of nitrogens with two attached hydrogens (primary N) is 1. The number of hydrogen-bond acceptors (Lipinski definition) is 6. The lowest BCUT2D eigenvalue weighted by Crippen LogP contribution is -2.37. The lowest BCUT2D eigenvalue weighted by Gasteiger charge is -2.24. The Balaban J connectivity index is 3.57. The van der Waals surface area contributed by atoms with Gasteiger partial charge in [0.25, 0.3) is 0 Å². The number of rotatable bonds is 6. The molecule has 0 radical (unpaired) electrons. The van der Waals surface area contributed by atoms with Crippen molar-refractivity contribution in [1.29, 1.82) is 0 Å². The summed E-state index contributed by atoms with van der Waals surface area (Å²) in [6.07, 6.45) is 0. The summed E-state index contributed by atoms with van der Waals surface area (Å²) in [6, 6.07) is 3.66. The lowest BCUT2D eigenvalue weighted by atomic mass is 10.3. The van der Waals surface area contributed by atoms with Crippen LogP contribution in [0.5, 0.6) is 0 Å². The van der Waals surface area contributed by atoms with Crippen LogP contribution in [0.4, 0.5) is 11.4 Å². The molecule has 0 amide bonds. The van der Waals surface area contributed by atoms with Gasteiger partial charge in [0.1, 0.15) is 5.69 Å². The monoisotopic (exact) mass is 302 g/mol. The molecular weight excluding hydrogens is 284 g/mol. The van der Waals surface area contributed by atoms with Crippen LogP contribution in [-0.4, -0.2) is 30.2 Å². The molecule has 0 bridgehead atoms. The summed E-state index contributed by atoms with van der Waals surface area (Å²) in [4.78, 5) is 10.0. The number of benzene rings is 1. The van der Waals surface area contributed by atoms with E-state index in [-0.39, 0.29) is 23.2 Å². The van der Waals surface area contributed by atoms with E-state index in [0.717, 1.165) is 0 Å². The molecule has 0 unspecified atom stereocenters. The third-order valence-corrected chi connectivity index (χ3v) is 4.99. The summed E-state index contributed by atoms with van der Waals surface area (Å²) in [6.45, 7) is 5.31. The summed E-state index contributed by atoms with van der Waals surface area (Å²) in [7, 11) is -3.96. The average Bonchev–Trinajstić information content (AvgIpc) is 2.37. The van der Waals surface area contributed by atoms with E-state index < -0.39 is 20.6 Å². The lowest BCUT2D eigenvalue weighted by molar-refractivity contribution is -0.386. The zero-order valence-electron chi connectivity index (χ0n) is 11.5. The van der Waals surface area contributed by atoms with Gasteiger partial charge in [-0.05, 0) is 26.0 Å². The van der Waals surface area contributed by atoms with Gasteiger partial charge in [-0.2, -0.15) is 4.31 Å². The van der Waals surface area contributed by atoms with Crippen molar-refractivity contribution < 1.29 is 13.3 Å². The van der Waals surface area contributed by atoms with E-state index in [1.54, 1.807) is 20.8 Å². The third kappa shape index (κ3) is 2.89. The predicted octanol–water partition coefficient (Wildman–Crippen LogP) is 1.30. The molecule has 1 aromatic rings.